The summed E-state index contributed by atoms with van der Waals surface area (Å²) < 4.78 is 0. The molecule has 0 aliphatic rings. The van der Waals surface area contributed by atoms with E-state index in [9.17, 15) is 0 Å². The Kier molecular flexibility index (Phi) is 74.7. The van der Waals surface area contributed by atoms with Gasteiger partial charge in [0.1, 0.15) is 0 Å². The second-order valence-electron chi connectivity index (χ2n) is 1.71. The van der Waals surface area contributed by atoms with Crippen molar-refractivity contribution in [1.29, 1.82) is 0 Å². The Morgan fingerprint density at radius 1 is 0.900 bits per heavy atom. The Morgan fingerprint density at radius 3 is 1.00 bits per heavy atom. The fraction of sp³-hybridized carbons (Fsp3) is 0.750. The molecule has 0 aromatic rings. The van der Waals surface area contributed by atoms with Crippen LogP contribution in [0.1, 0.15) is 39.5 Å². The Hall–Kier alpha value is 0.674. The van der Waals surface area contributed by atoms with Crippen LogP contribution in [-0.4, -0.2) is 0 Å². The van der Waals surface area contributed by atoms with Crippen LogP contribution in [0.4, 0.5) is 0 Å². The molecule has 0 radical (unpaired) electrons. The van der Waals surface area contributed by atoms with Gasteiger partial charge in [-0.3, -0.25) is 0 Å². The second-order valence-corrected chi connectivity index (χ2v) is 1.71. The zero-order valence-electron chi connectivity index (χ0n) is 7.15. The van der Waals surface area contributed by atoms with Crippen molar-refractivity contribution in [2.45, 2.75) is 39.5 Å². The first-order valence-corrected chi connectivity index (χ1v) is 3.41. The van der Waals surface area contributed by atoms with Gasteiger partial charge in [0, 0.05) is 0 Å². The minimum Gasteiger partial charge on any atom is -2.00 e. The summed E-state index contributed by atoms with van der Waals surface area (Å²) in [4.78, 5) is 0. The van der Waals surface area contributed by atoms with Gasteiger partial charge in [0.05, 0.1) is 0 Å². The maximum Gasteiger partial charge on any atom is 4.00 e. The van der Waals surface area contributed by atoms with E-state index < -0.39 is 0 Å². The molecule has 0 aromatic heterocycles. The largest absolute Gasteiger partial charge is 4.00 e. The normalized spacial score (nSPS) is 6.00. The van der Waals surface area contributed by atoms with Gasteiger partial charge in [-0.1, -0.05) is 26.7 Å². The molecule has 0 rings (SSSR count). The molecule has 0 fully saturated rings. The molecule has 0 saturated heterocycles. The van der Waals surface area contributed by atoms with Crippen molar-refractivity contribution in [2.24, 2.45) is 0 Å². The van der Waals surface area contributed by atoms with Crippen molar-refractivity contribution in [3.05, 3.63) is 13.8 Å². The van der Waals surface area contributed by atoms with Gasteiger partial charge in [-0.2, -0.15) is 12.8 Å². The third-order valence-electron chi connectivity index (χ3n) is 0.707. The van der Waals surface area contributed by atoms with Crippen molar-refractivity contribution in [3.8, 4) is 0 Å². The zero-order chi connectivity index (χ0) is 6.83. The number of unbranched alkanes of at least 4 members (excludes halogenated alkanes) is 2. The molecule has 0 amide bonds. The summed E-state index contributed by atoms with van der Waals surface area (Å²) in [6.45, 7) is 11.4. The third-order valence-corrected chi connectivity index (χ3v) is 0.707. The summed E-state index contributed by atoms with van der Waals surface area (Å²) in [7, 11) is 0. The first-order chi connectivity index (χ1) is 3.83. The predicted molar refractivity (Wildman–Crippen MR) is 41.2 cm³/mol. The van der Waals surface area contributed by atoms with Crippen molar-refractivity contribution in [1.82, 2.24) is 0 Å². The van der Waals surface area contributed by atoms with Crippen LogP contribution in [-0.2, 0) is 27.2 Å². The molecular weight excluding hydrogens is 160 g/mol. The molecule has 1 nitrogen and oxygen atoms in total. The molecule has 0 atom stereocenters. The van der Waals surface area contributed by atoms with E-state index in [2.05, 4.69) is 27.7 Å². The molecule has 0 bridgehead atoms. The van der Waals surface area contributed by atoms with E-state index >= 15 is 0 Å². The van der Waals surface area contributed by atoms with Crippen LogP contribution in [0.15, 0.2) is 0 Å². The van der Waals surface area contributed by atoms with Gasteiger partial charge < -0.3 is 19.3 Å². The van der Waals surface area contributed by atoms with Crippen LogP contribution in [0, 0.1) is 13.8 Å². The van der Waals surface area contributed by atoms with Crippen LogP contribution in [0.3, 0.4) is 0 Å². The van der Waals surface area contributed by atoms with Crippen LogP contribution >= 0.6 is 0 Å². The van der Waals surface area contributed by atoms with Crippen molar-refractivity contribution >= 4 is 0 Å². The Morgan fingerprint density at radius 2 is 1.00 bits per heavy atom. The van der Waals surface area contributed by atoms with E-state index in [-0.39, 0.29) is 27.2 Å². The van der Waals surface area contributed by atoms with E-state index in [0.29, 0.717) is 0 Å². The average molecular weight is 178 g/mol. The van der Waals surface area contributed by atoms with E-state index in [1.54, 1.807) is 0 Å². The number of hydrogen-bond donors (Lipinski definition) is 0. The third kappa shape index (κ3) is 71.4. The summed E-state index contributed by atoms with van der Waals surface area (Å²) in [5, 5.41) is 0. The van der Waals surface area contributed by atoms with Crippen molar-refractivity contribution in [2.75, 3.05) is 0 Å². The molecule has 10 heavy (non-hydrogen) atoms. The SMILES string of the molecule is [CH2-]CCC.[CH2-]CCC.[O-2].[Ti+4]. The van der Waals surface area contributed by atoms with Gasteiger partial charge in [0.2, 0.25) is 0 Å². The minimum absolute atomic E-state index is 0. The summed E-state index contributed by atoms with van der Waals surface area (Å²) in [5.41, 5.74) is 0. The van der Waals surface area contributed by atoms with Gasteiger partial charge in [0.15, 0.2) is 0 Å². The second kappa shape index (κ2) is 33.3. The molecule has 2 heteroatoms. The summed E-state index contributed by atoms with van der Waals surface area (Å²) >= 11 is 0. The average Bonchev–Trinajstić information content (AvgIpc) is 1.88. The maximum atomic E-state index is 3.60. The zero-order valence-corrected chi connectivity index (χ0v) is 8.71. The van der Waals surface area contributed by atoms with Crippen molar-refractivity contribution < 1.29 is 27.2 Å². The Labute approximate surface area is 80.8 Å². The van der Waals surface area contributed by atoms with Crippen LogP contribution in [0.2, 0.25) is 0 Å². The molecule has 0 unspecified atom stereocenters. The standard InChI is InChI=1S/2C4H9.O.Ti/c2*1-3-4-2;;/h2*1,3-4H2,2H3;;/q2*-1;-2;+4. The molecule has 0 N–H and O–H groups in total. The first-order valence-electron chi connectivity index (χ1n) is 3.41. The molecule has 0 heterocycles. The summed E-state index contributed by atoms with van der Waals surface area (Å²) in [6.07, 6.45) is 4.56. The van der Waals surface area contributed by atoms with Gasteiger partial charge >= 0.3 is 21.7 Å². The van der Waals surface area contributed by atoms with Crippen LogP contribution < -0.4 is 0 Å². The maximum absolute atomic E-state index is 3.60. The predicted octanol–water partition coefficient (Wildman–Crippen LogP) is 3.12. The quantitative estimate of drug-likeness (QED) is 0.459. The molecule has 0 aliphatic carbocycles. The van der Waals surface area contributed by atoms with Gasteiger partial charge in [-0.25, -0.2) is 0 Å². The van der Waals surface area contributed by atoms with Gasteiger partial charge in [-0.15, -0.1) is 0 Å². The monoisotopic (exact) mass is 178 g/mol. The Bertz CT molecular complexity index is 17.2. The topological polar surface area (TPSA) is 28.5 Å². The molecular formula is C8H18OTi. The fourth-order valence-corrected chi connectivity index (χ4v) is 0. The molecule has 0 aliphatic heterocycles. The van der Waals surface area contributed by atoms with Gasteiger partial charge in [0.25, 0.3) is 0 Å². The summed E-state index contributed by atoms with van der Waals surface area (Å²) in [6, 6.07) is 0. The smallest absolute Gasteiger partial charge is 2.00 e. The molecule has 0 spiro atoms. The fourth-order valence-electron chi connectivity index (χ4n) is 0. The van der Waals surface area contributed by atoms with E-state index in [1.165, 1.54) is 12.8 Å². The number of hydrogen-bond acceptors (Lipinski definition) is 0. The van der Waals surface area contributed by atoms with E-state index in [0.717, 1.165) is 12.8 Å². The van der Waals surface area contributed by atoms with Crippen LogP contribution in [0.25, 0.3) is 0 Å². The number of rotatable bonds is 2. The first kappa shape index (κ1) is 22.4. The van der Waals surface area contributed by atoms with Gasteiger partial charge in [-0.05, 0) is 0 Å². The minimum atomic E-state index is 0. The molecule has 0 saturated carbocycles. The van der Waals surface area contributed by atoms with Crippen LogP contribution in [0.5, 0.6) is 0 Å². The molecule has 0 aromatic carbocycles. The van der Waals surface area contributed by atoms with E-state index in [4.69, 9.17) is 0 Å². The van der Waals surface area contributed by atoms with E-state index in [1.807, 2.05) is 0 Å². The van der Waals surface area contributed by atoms with Crippen molar-refractivity contribution in [3.63, 3.8) is 0 Å². The Balaban J connectivity index is -0.0000000300. The molecule has 60 valence electrons. The summed E-state index contributed by atoms with van der Waals surface area (Å²) in [5.74, 6) is 0.